The summed E-state index contributed by atoms with van der Waals surface area (Å²) in [5, 5.41) is 9.02. The van der Waals surface area contributed by atoms with Gasteiger partial charge in [0.25, 0.3) is 5.91 Å². The van der Waals surface area contributed by atoms with E-state index >= 15 is 0 Å². The number of amides is 1. The Bertz CT molecular complexity index is 783. The standard InChI is InChI=1S/C19H15NO2/c21-19(20-22)18-13-16(14-7-3-1-4-8-14)11-12-17(18)15-9-5-2-6-10-15/h1-13,22H,(H,20,21). The molecule has 22 heavy (non-hydrogen) atoms. The zero-order valence-corrected chi connectivity index (χ0v) is 11.9. The lowest BCUT2D eigenvalue weighted by atomic mass is 9.94. The molecule has 3 aromatic carbocycles. The molecule has 0 atom stereocenters. The third kappa shape index (κ3) is 2.75. The van der Waals surface area contributed by atoms with E-state index in [1.807, 2.05) is 72.8 Å². The summed E-state index contributed by atoms with van der Waals surface area (Å²) < 4.78 is 0. The minimum Gasteiger partial charge on any atom is -0.288 e. The van der Waals surface area contributed by atoms with E-state index in [0.717, 1.165) is 22.3 Å². The lowest BCUT2D eigenvalue weighted by Crippen LogP contribution is -2.19. The SMILES string of the molecule is O=C(NO)c1cc(-c2ccccc2)ccc1-c1ccccc1. The summed E-state index contributed by atoms with van der Waals surface area (Å²) in [4.78, 5) is 12.0. The van der Waals surface area contributed by atoms with Gasteiger partial charge in [0.15, 0.2) is 0 Å². The van der Waals surface area contributed by atoms with Gasteiger partial charge in [-0.2, -0.15) is 0 Å². The highest BCUT2D eigenvalue weighted by atomic mass is 16.5. The van der Waals surface area contributed by atoms with Crippen LogP contribution in [0.5, 0.6) is 0 Å². The molecule has 0 aliphatic rings. The van der Waals surface area contributed by atoms with Gasteiger partial charge in [-0.1, -0.05) is 72.8 Å². The van der Waals surface area contributed by atoms with E-state index in [-0.39, 0.29) is 0 Å². The van der Waals surface area contributed by atoms with Crippen LogP contribution in [-0.2, 0) is 0 Å². The number of rotatable bonds is 3. The second kappa shape index (κ2) is 6.24. The molecule has 0 bridgehead atoms. The van der Waals surface area contributed by atoms with Crippen molar-refractivity contribution in [1.29, 1.82) is 0 Å². The second-order valence-electron chi connectivity index (χ2n) is 4.93. The molecule has 3 nitrogen and oxygen atoms in total. The normalized spacial score (nSPS) is 10.2. The number of hydrogen-bond donors (Lipinski definition) is 2. The Kier molecular flexibility index (Phi) is 3.99. The fourth-order valence-corrected chi connectivity index (χ4v) is 2.47. The molecular formula is C19H15NO2. The Morgan fingerprint density at radius 3 is 1.91 bits per heavy atom. The molecule has 0 saturated heterocycles. The summed E-state index contributed by atoms with van der Waals surface area (Å²) >= 11 is 0. The maximum Gasteiger partial charge on any atom is 0.275 e. The van der Waals surface area contributed by atoms with Crippen molar-refractivity contribution in [3.63, 3.8) is 0 Å². The summed E-state index contributed by atoms with van der Waals surface area (Å²) in [6, 6.07) is 25.1. The van der Waals surface area contributed by atoms with Crippen LogP contribution >= 0.6 is 0 Å². The van der Waals surface area contributed by atoms with E-state index in [0.29, 0.717) is 5.56 Å². The molecule has 0 saturated carbocycles. The van der Waals surface area contributed by atoms with Crippen LogP contribution in [0, 0.1) is 0 Å². The molecule has 0 spiro atoms. The van der Waals surface area contributed by atoms with Gasteiger partial charge in [0, 0.05) is 5.56 Å². The number of nitrogens with one attached hydrogen (secondary N) is 1. The predicted octanol–water partition coefficient (Wildman–Crippen LogP) is 4.14. The van der Waals surface area contributed by atoms with Crippen molar-refractivity contribution in [2.24, 2.45) is 0 Å². The summed E-state index contributed by atoms with van der Waals surface area (Å²) in [6.07, 6.45) is 0. The topological polar surface area (TPSA) is 49.3 Å². The Hall–Kier alpha value is -2.91. The number of carbonyl (C=O) groups excluding carboxylic acids is 1. The van der Waals surface area contributed by atoms with Gasteiger partial charge in [-0.3, -0.25) is 10.0 Å². The number of carbonyl (C=O) groups is 1. The fourth-order valence-electron chi connectivity index (χ4n) is 2.47. The van der Waals surface area contributed by atoms with Crippen molar-refractivity contribution >= 4 is 5.91 Å². The van der Waals surface area contributed by atoms with Crippen molar-refractivity contribution in [3.8, 4) is 22.3 Å². The van der Waals surface area contributed by atoms with E-state index in [2.05, 4.69) is 0 Å². The summed E-state index contributed by atoms with van der Waals surface area (Å²) in [5.74, 6) is -0.517. The molecule has 3 rings (SSSR count). The maximum absolute atomic E-state index is 12.0. The first kappa shape index (κ1) is 14.0. The third-order valence-electron chi connectivity index (χ3n) is 3.56. The molecule has 0 fully saturated rings. The Labute approximate surface area is 128 Å². The van der Waals surface area contributed by atoms with E-state index in [1.54, 1.807) is 11.5 Å². The van der Waals surface area contributed by atoms with Crippen LogP contribution in [0.2, 0.25) is 0 Å². The highest BCUT2D eigenvalue weighted by Gasteiger charge is 2.13. The first-order valence-corrected chi connectivity index (χ1v) is 6.99. The van der Waals surface area contributed by atoms with Crippen molar-refractivity contribution in [2.45, 2.75) is 0 Å². The molecule has 0 aromatic heterocycles. The molecule has 0 heterocycles. The Balaban J connectivity index is 2.14. The molecule has 0 aliphatic carbocycles. The largest absolute Gasteiger partial charge is 0.288 e. The van der Waals surface area contributed by atoms with E-state index < -0.39 is 5.91 Å². The molecule has 2 N–H and O–H groups in total. The zero-order valence-electron chi connectivity index (χ0n) is 11.9. The average Bonchev–Trinajstić information content (AvgIpc) is 2.62. The van der Waals surface area contributed by atoms with Crippen LogP contribution in [0.25, 0.3) is 22.3 Å². The molecule has 0 aliphatic heterocycles. The van der Waals surface area contributed by atoms with Crippen LogP contribution in [0.3, 0.4) is 0 Å². The highest BCUT2D eigenvalue weighted by molar-refractivity contribution is 6.01. The first-order valence-electron chi connectivity index (χ1n) is 6.99. The van der Waals surface area contributed by atoms with Crippen LogP contribution in [-0.4, -0.2) is 11.1 Å². The highest BCUT2D eigenvalue weighted by Crippen LogP contribution is 2.28. The molecule has 0 radical (unpaired) electrons. The van der Waals surface area contributed by atoms with Gasteiger partial charge in [-0.25, -0.2) is 5.48 Å². The van der Waals surface area contributed by atoms with Crippen molar-refractivity contribution in [3.05, 3.63) is 84.4 Å². The van der Waals surface area contributed by atoms with Crippen molar-refractivity contribution in [2.75, 3.05) is 0 Å². The summed E-state index contributed by atoms with van der Waals surface area (Å²) in [7, 11) is 0. The average molecular weight is 289 g/mol. The lowest BCUT2D eigenvalue weighted by molar-refractivity contribution is 0.0707. The summed E-state index contributed by atoms with van der Waals surface area (Å²) in [6.45, 7) is 0. The van der Waals surface area contributed by atoms with Crippen LogP contribution in [0.15, 0.2) is 78.9 Å². The molecule has 108 valence electrons. The van der Waals surface area contributed by atoms with E-state index in [1.165, 1.54) is 0 Å². The zero-order chi connectivity index (χ0) is 15.4. The lowest BCUT2D eigenvalue weighted by Gasteiger charge is -2.11. The van der Waals surface area contributed by atoms with Gasteiger partial charge in [0.05, 0.1) is 0 Å². The smallest absolute Gasteiger partial charge is 0.275 e. The van der Waals surface area contributed by atoms with Gasteiger partial charge >= 0.3 is 0 Å². The molecule has 3 heteroatoms. The van der Waals surface area contributed by atoms with Crippen LogP contribution < -0.4 is 5.48 Å². The summed E-state index contributed by atoms with van der Waals surface area (Å²) in [5.41, 5.74) is 5.84. The van der Waals surface area contributed by atoms with E-state index in [9.17, 15) is 4.79 Å². The van der Waals surface area contributed by atoms with Gasteiger partial charge in [0.1, 0.15) is 0 Å². The Morgan fingerprint density at radius 2 is 1.32 bits per heavy atom. The monoisotopic (exact) mass is 289 g/mol. The second-order valence-corrected chi connectivity index (χ2v) is 4.93. The quantitative estimate of drug-likeness (QED) is 0.562. The van der Waals surface area contributed by atoms with E-state index in [4.69, 9.17) is 5.21 Å². The Morgan fingerprint density at radius 1 is 0.727 bits per heavy atom. The van der Waals surface area contributed by atoms with Crippen LogP contribution in [0.1, 0.15) is 10.4 Å². The van der Waals surface area contributed by atoms with Gasteiger partial charge in [0.2, 0.25) is 0 Å². The van der Waals surface area contributed by atoms with Crippen LogP contribution in [0.4, 0.5) is 0 Å². The van der Waals surface area contributed by atoms with Crippen molar-refractivity contribution < 1.29 is 10.0 Å². The molecule has 1 amide bonds. The minimum absolute atomic E-state index is 0.440. The number of benzene rings is 3. The molecule has 3 aromatic rings. The number of hydrogen-bond acceptors (Lipinski definition) is 2. The molecular weight excluding hydrogens is 274 g/mol. The molecule has 0 unspecified atom stereocenters. The predicted molar refractivity (Wildman–Crippen MR) is 86.6 cm³/mol. The van der Waals surface area contributed by atoms with Gasteiger partial charge in [-0.05, 0) is 28.3 Å². The number of hydroxylamine groups is 1. The third-order valence-corrected chi connectivity index (χ3v) is 3.56. The minimum atomic E-state index is -0.517. The fraction of sp³-hybridized carbons (Fsp3) is 0. The van der Waals surface area contributed by atoms with Crippen molar-refractivity contribution in [1.82, 2.24) is 5.48 Å². The van der Waals surface area contributed by atoms with Gasteiger partial charge < -0.3 is 0 Å². The van der Waals surface area contributed by atoms with Gasteiger partial charge in [-0.15, -0.1) is 0 Å². The first-order chi connectivity index (χ1) is 10.8. The maximum atomic E-state index is 12.0.